The summed E-state index contributed by atoms with van der Waals surface area (Å²) in [6.45, 7) is 2.35. The Morgan fingerprint density at radius 1 is 1.22 bits per heavy atom. The van der Waals surface area contributed by atoms with E-state index in [2.05, 4.69) is 42.5 Å². The zero-order valence-electron chi connectivity index (χ0n) is 10.9. The minimum absolute atomic E-state index is 0.336. The predicted molar refractivity (Wildman–Crippen MR) is 73.7 cm³/mol. The summed E-state index contributed by atoms with van der Waals surface area (Å²) in [5.41, 5.74) is 1.39. The van der Waals surface area contributed by atoms with Crippen molar-refractivity contribution in [2.24, 2.45) is 0 Å². The first-order valence-electron chi connectivity index (χ1n) is 6.83. The van der Waals surface area contributed by atoms with Gasteiger partial charge in [0.1, 0.15) is 0 Å². The van der Waals surface area contributed by atoms with Gasteiger partial charge in [0, 0.05) is 6.61 Å². The molecule has 0 N–H and O–H groups in total. The number of benzene rings is 1. The highest BCUT2D eigenvalue weighted by atomic mass is 16.5. The molecule has 0 radical (unpaired) electrons. The van der Waals surface area contributed by atoms with Crippen molar-refractivity contribution in [1.82, 2.24) is 0 Å². The van der Waals surface area contributed by atoms with Gasteiger partial charge in [0.05, 0.1) is 19.3 Å². The Hall–Kier alpha value is -1.12. The van der Waals surface area contributed by atoms with E-state index in [-0.39, 0.29) is 0 Å². The normalized spacial score (nSPS) is 19.7. The molecule has 0 aliphatic carbocycles. The van der Waals surface area contributed by atoms with E-state index in [1.807, 2.05) is 0 Å². The third-order valence-electron chi connectivity index (χ3n) is 3.15. The van der Waals surface area contributed by atoms with Crippen LogP contribution in [0.3, 0.4) is 0 Å². The maximum atomic E-state index is 5.56. The lowest BCUT2D eigenvalue weighted by Gasteiger charge is -2.07. The van der Waals surface area contributed by atoms with Crippen LogP contribution in [0.2, 0.25) is 0 Å². The first-order chi connectivity index (χ1) is 8.95. The summed E-state index contributed by atoms with van der Waals surface area (Å²) in [7, 11) is 0. The smallest absolute Gasteiger partial charge is 0.0809 e. The average molecular weight is 246 g/mol. The van der Waals surface area contributed by atoms with Crippen molar-refractivity contribution >= 4 is 0 Å². The van der Waals surface area contributed by atoms with Gasteiger partial charge in [0.2, 0.25) is 0 Å². The van der Waals surface area contributed by atoms with Crippen LogP contribution >= 0.6 is 0 Å². The molecular formula is C16H22O2. The van der Waals surface area contributed by atoms with Crippen molar-refractivity contribution in [3.05, 3.63) is 48.0 Å². The van der Waals surface area contributed by atoms with Gasteiger partial charge in [0.15, 0.2) is 0 Å². The Kier molecular flexibility index (Phi) is 5.97. The molecule has 98 valence electrons. The monoisotopic (exact) mass is 246 g/mol. The number of ether oxygens (including phenoxy) is 2. The quantitative estimate of drug-likeness (QED) is 0.542. The highest BCUT2D eigenvalue weighted by Gasteiger charge is 2.14. The van der Waals surface area contributed by atoms with Gasteiger partial charge in [-0.25, -0.2) is 0 Å². The van der Waals surface area contributed by atoms with E-state index in [4.69, 9.17) is 9.47 Å². The van der Waals surface area contributed by atoms with Crippen molar-refractivity contribution in [3.63, 3.8) is 0 Å². The van der Waals surface area contributed by atoms with Crippen LogP contribution in [0.5, 0.6) is 0 Å². The largest absolute Gasteiger partial charge is 0.376 e. The van der Waals surface area contributed by atoms with Gasteiger partial charge in [-0.3, -0.25) is 0 Å². The third kappa shape index (κ3) is 5.03. The van der Waals surface area contributed by atoms with Crippen LogP contribution in [0.25, 0.3) is 0 Å². The van der Waals surface area contributed by atoms with Gasteiger partial charge in [-0.05, 0) is 31.2 Å². The zero-order chi connectivity index (χ0) is 12.5. The maximum absolute atomic E-state index is 5.56. The summed E-state index contributed by atoms with van der Waals surface area (Å²) in [6, 6.07) is 10.6. The Morgan fingerprint density at radius 2 is 2.11 bits per heavy atom. The Morgan fingerprint density at radius 3 is 2.89 bits per heavy atom. The van der Waals surface area contributed by atoms with Crippen LogP contribution in [-0.2, 0) is 15.9 Å². The summed E-state index contributed by atoms with van der Waals surface area (Å²) in [6.07, 6.45) is 9.15. The fourth-order valence-electron chi connectivity index (χ4n) is 2.12. The number of hydrogen-bond acceptors (Lipinski definition) is 2. The zero-order valence-corrected chi connectivity index (χ0v) is 10.9. The van der Waals surface area contributed by atoms with E-state index in [0.717, 1.165) is 32.5 Å². The van der Waals surface area contributed by atoms with Crippen molar-refractivity contribution < 1.29 is 9.47 Å². The number of aryl methyl sites for hydroxylation is 1. The molecule has 1 aromatic rings. The van der Waals surface area contributed by atoms with E-state index in [0.29, 0.717) is 12.7 Å². The molecule has 2 nitrogen and oxygen atoms in total. The second-order valence-corrected chi connectivity index (χ2v) is 4.67. The Balaban J connectivity index is 1.50. The molecule has 1 aliphatic rings. The molecule has 0 aromatic heterocycles. The molecule has 0 saturated carbocycles. The Labute approximate surface area is 110 Å². The van der Waals surface area contributed by atoms with E-state index >= 15 is 0 Å². The van der Waals surface area contributed by atoms with Crippen LogP contribution < -0.4 is 0 Å². The van der Waals surface area contributed by atoms with Crippen LogP contribution in [0.4, 0.5) is 0 Å². The third-order valence-corrected chi connectivity index (χ3v) is 3.15. The molecule has 0 amide bonds. The molecular weight excluding hydrogens is 224 g/mol. The second kappa shape index (κ2) is 8.06. The molecule has 1 aromatic carbocycles. The highest BCUT2D eigenvalue weighted by molar-refractivity contribution is 5.15. The minimum atomic E-state index is 0.336. The van der Waals surface area contributed by atoms with E-state index in [1.165, 1.54) is 12.0 Å². The van der Waals surface area contributed by atoms with E-state index < -0.39 is 0 Å². The second-order valence-electron chi connectivity index (χ2n) is 4.67. The number of rotatable bonds is 7. The molecule has 1 saturated heterocycles. The standard InChI is InChI=1S/C16H22O2/c1-3-8-15(9-4-1)10-5-2-6-12-17-14-16-11-7-13-18-16/h1-4,6,8-9,16H,5,7,10-14H2/b6-2+. The minimum Gasteiger partial charge on any atom is -0.376 e. The summed E-state index contributed by atoms with van der Waals surface area (Å²) in [4.78, 5) is 0. The summed E-state index contributed by atoms with van der Waals surface area (Å²) in [5, 5.41) is 0. The first-order valence-corrected chi connectivity index (χ1v) is 6.83. The molecule has 0 spiro atoms. The highest BCUT2D eigenvalue weighted by Crippen LogP contribution is 2.11. The van der Waals surface area contributed by atoms with Gasteiger partial charge in [-0.2, -0.15) is 0 Å². The summed E-state index contributed by atoms with van der Waals surface area (Å²) >= 11 is 0. The van der Waals surface area contributed by atoms with Crippen LogP contribution in [-0.4, -0.2) is 25.9 Å². The summed E-state index contributed by atoms with van der Waals surface area (Å²) < 4.78 is 11.0. The number of allylic oxidation sites excluding steroid dienone is 1. The van der Waals surface area contributed by atoms with Crippen LogP contribution in [0, 0.1) is 0 Å². The van der Waals surface area contributed by atoms with Crippen molar-refractivity contribution in [1.29, 1.82) is 0 Å². The van der Waals surface area contributed by atoms with Gasteiger partial charge < -0.3 is 9.47 Å². The van der Waals surface area contributed by atoms with Crippen LogP contribution in [0.15, 0.2) is 42.5 Å². The number of hydrogen-bond donors (Lipinski definition) is 0. The summed E-state index contributed by atoms with van der Waals surface area (Å²) in [5.74, 6) is 0. The van der Waals surface area contributed by atoms with Crippen molar-refractivity contribution in [3.8, 4) is 0 Å². The maximum Gasteiger partial charge on any atom is 0.0809 e. The van der Waals surface area contributed by atoms with Crippen LogP contribution in [0.1, 0.15) is 24.8 Å². The van der Waals surface area contributed by atoms with Crippen molar-refractivity contribution in [2.75, 3.05) is 19.8 Å². The van der Waals surface area contributed by atoms with Gasteiger partial charge in [0.25, 0.3) is 0 Å². The molecule has 2 rings (SSSR count). The van der Waals surface area contributed by atoms with Gasteiger partial charge >= 0.3 is 0 Å². The molecule has 0 bridgehead atoms. The topological polar surface area (TPSA) is 18.5 Å². The fraction of sp³-hybridized carbons (Fsp3) is 0.500. The molecule has 2 heteroatoms. The molecule has 18 heavy (non-hydrogen) atoms. The van der Waals surface area contributed by atoms with E-state index in [1.54, 1.807) is 0 Å². The van der Waals surface area contributed by atoms with Gasteiger partial charge in [-0.1, -0.05) is 42.5 Å². The Bertz CT molecular complexity index is 339. The van der Waals surface area contributed by atoms with Crippen molar-refractivity contribution in [2.45, 2.75) is 31.8 Å². The average Bonchev–Trinajstić information content (AvgIpc) is 2.92. The first kappa shape index (κ1) is 13.3. The van der Waals surface area contributed by atoms with Gasteiger partial charge in [-0.15, -0.1) is 0 Å². The van der Waals surface area contributed by atoms with E-state index in [9.17, 15) is 0 Å². The molecule has 1 unspecified atom stereocenters. The molecule has 1 heterocycles. The fourth-order valence-corrected chi connectivity index (χ4v) is 2.12. The lowest BCUT2D eigenvalue weighted by atomic mass is 10.1. The molecule has 1 aliphatic heterocycles. The predicted octanol–water partition coefficient (Wildman–Crippen LogP) is 3.37. The SMILES string of the molecule is C(=C\COCC1CCCO1)/CCc1ccccc1. The molecule has 1 atom stereocenters. The lowest BCUT2D eigenvalue weighted by molar-refractivity contribution is 0.0266. The molecule has 1 fully saturated rings. The lowest BCUT2D eigenvalue weighted by Crippen LogP contribution is -2.13.